The average molecular weight is 288 g/mol. The molecule has 2 aliphatic heterocycles. The van der Waals surface area contributed by atoms with Crippen LogP contribution in [0.1, 0.15) is 11.6 Å². The number of fused-ring (bicyclic) bond motifs is 1. The summed E-state index contributed by atoms with van der Waals surface area (Å²) >= 11 is 0. The van der Waals surface area contributed by atoms with Crippen molar-refractivity contribution < 1.29 is 19.1 Å². The number of hydrogen-bond donors (Lipinski definition) is 1. The first kappa shape index (κ1) is 13.8. The molecule has 0 bridgehead atoms. The van der Waals surface area contributed by atoms with Crippen LogP contribution in [0.15, 0.2) is 30.3 Å². The summed E-state index contributed by atoms with van der Waals surface area (Å²) in [6.07, 6.45) is 0. The zero-order chi connectivity index (χ0) is 15.1. The van der Waals surface area contributed by atoms with Crippen molar-refractivity contribution in [2.45, 2.75) is 12.1 Å². The number of methoxy groups -OCH3 is 1. The molecule has 1 N–H and O–H groups in total. The van der Waals surface area contributed by atoms with Gasteiger partial charge in [0.1, 0.15) is 6.04 Å². The Morgan fingerprint density at radius 1 is 1.14 bits per heavy atom. The molecule has 1 aromatic carbocycles. The van der Waals surface area contributed by atoms with Crippen molar-refractivity contribution >= 4 is 17.8 Å². The molecule has 2 fully saturated rings. The molecule has 0 aliphatic carbocycles. The molecule has 1 aromatic rings. The Morgan fingerprint density at radius 2 is 1.76 bits per heavy atom. The summed E-state index contributed by atoms with van der Waals surface area (Å²) in [5, 5.41) is 3.10. The van der Waals surface area contributed by atoms with Gasteiger partial charge in [-0.1, -0.05) is 30.3 Å². The Labute approximate surface area is 122 Å². The van der Waals surface area contributed by atoms with Gasteiger partial charge in [-0.3, -0.25) is 24.6 Å². The van der Waals surface area contributed by atoms with Crippen molar-refractivity contribution in [2.75, 3.05) is 14.2 Å². The summed E-state index contributed by atoms with van der Waals surface area (Å²) in [4.78, 5) is 37.7. The molecule has 3 rings (SSSR count). The third kappa shape index (κ3) is 1.94. The summed E-state index contributed by atoms with van der Waals surface area (Å²) in [6.45, 7) is 0. The van der Waals surface area contributed by atoms with Crippen LogP contribution in [-0.2, 0) is 19.1 Å². The molecule has 2 heterocycles. The summed E-state index contributed by atoms with van der Waals surface area (Å²) in [5.74, 6) is -2.35. The number of likely N-dealkylation sites (tertiary alicyclic amines) is 1. The maximum absolute atomic E-state index is 12.4. The molecule has 0 radical (unpaired) electrons. The number of nitrogens with one attached hydrogen (secondary N) is 1. The lowest BCUT2D eigenvalue weighted by Crippen LogP contribution is -2.42. The summed E-state index contributed by atoms with van der Waals surface area (Å²) < 4.78 is 4.76. The second kappa shape index (κ2) is 4.96. The topological polar surface area (TPSA) is 75.7 Å². The Balaban J connectivity index is 2.02. The lowest BCUT2D eigenvalue weighted by atomic mass is 9.86. The van der Waals surface area contributed by atoms with Crippen LogP contribution in [0.4, 0.5) is 0 Å². The lowest BCUT2D eigenvalue weighted by Gasteiger charge is -2.19. The molecule has 6 nitrogen and oxygen atoms in total. The zero-order valence-electron chi connectivity index (χ0n) is 11.8. The minimum atomic E-state index is -0.786. The van der Waals surface area contributed by atoms with Crippen molar-refractivity contribution in [3.05, 3.63) is 35.9 Å². The summed E-state index contributed by atoms with van der Waals surface area (Å²) in [7, 11) is 2.74. The molecule has 6 heteroatoms. The van der Waals surface area contributed by atoms with Crippen LogP contribution in [0, 0.1) is 11.8 Å². The van der Waals surface area contributed by atoms with Gasteiger partial charge >= 0.3 is 5.97 Å². The number of carbonyl (C=O) groups is 3. The number of esters is 1. The number of carbonyl (C=O) groups excluding carboxylic acids is 3. The van der Waals surface area contributed by atoms with Crippen LogP contribution >= 0.6 is 0 Å². The van der Waals surface area contributed by atoms with Crippen LogP contribution in [-0.4, -0.2) is 42.9 Å². The number of imide groups is 1. The van der Waals surface area contributed by atoms with Gasteiger partial charge in [0.25, 0.3) is 0 Å². The molecule has 0 saturated carbocycles. The predicted molar refractivity (Wildman–Crippen MR) is 72.9 cm³/mol. The molecule has 0 spiro atoms. The van der Waals surface area contributed by atoms with Crippen molar-refractivity contribution in [1.29, 1.82) is 0 Å². The van der Waals surface area contributed by atoms with Gasteiger partial charge < -0.3 is 4.74 Å². The van der Waals surface area contributed by atoms with E-state index in [9.17, 15) is 14.4 Å². The highest BCUT2D eigenvalue weighted by Gasteiger charge is 2.60. The monoisotopic (exact) mass is 288 g/mol. The van der Waals surface area contributed by atoms with Crippen LogP contribution in [0.3, 0.4) is 0 Å². The third-order valence-electron chi connectivity index (χ3n) is 4.31. The molecular formula is C15H16N2O4. The fourth-order valence-corrected chi connectivity index (χ4v) is 3.27. The minimum Gasteiger partial charge on any atom is -0.468 e. The molecule has 21 heavy (non-hydrogen) atoms. The van der Waals surface area contributed by atoms with Crippen molar-refractivity contribution in [3.8, 4) is 0 Å². The number of amides is 2. The standard InChI is InChI=1S/C15H16N2O4/c1-17-13(18)9-10(14(17)19)12(15(20)21-2)16-11(9)8-6-4-3-5-7-8/h3-7,9-12,16H,1-2H3/t9-,10+,11+,12+/m0/s1. The van der Waals surface area contributed by atoms with E-state index in [2.05, 4.69) is 5.32 Å². The maximum atomic E-state index is 12.4. The van der Waals surface area contributed by atoms with Crippen molar-refractivity contribution in [1.82, 2.24) is 10.2 Å². The highest BCUT2D eigenvalue weighted by Crippen LogP contribution is 2.43. The normalized spacial score (nSPS) is 31.4. The summed E-state index contributed by atoms with van der Waals surface area (Å²) in [6, 6.07) is 8.22. The maximum Gasteiger partial charge on any atom is 0.323 e. The van der Waals surface area contributed by atoms with E-state index in [1.807, 2.05) is 30.3 Å². The molecule has 0 aromatic heterocycles. The van der Waals surface area contributed by atoms with E-state index in [1.165, 1.54) is 14.2 Å². The third-order valence-corrected chi connectivity index (χ3v) is 4.31. The Hall–Kier alpha value is -2.21. The quantitative estimate of drug-likeness (QED) is 0.617. The molecular weight excluding hydrogens is 272 g/mol. The first-order valence-electron chi connectivity index (χ1n) is 6.76. The highest BCUT2D eigenvalue weighted by atomic mass is 16.5. The number of nitrogens with zero attached hydrogens (tertiary/aromatic N) is 1. The molecule has 2 amide bonds. The highest BCUT2D eigenvalue weighted by molar-refractivity contribution is 6.08. The van der Waals surface area contributed by atoms with Gasteiger partial charge in [0.05, 0.1) is 18.9 Å². The minimum absolute atomic E-state index is 0.252. The fraction of sp³-hybridized carbons (Fsp3) is 0.400. The molecule has 2 saturated heterocycles. The van der Waals surface area contributed by atoms with Gasteiger partial charge in [0.2, 0.25) is 11.8 Å². The van der Waals surface area contributed by atoms with Crippen LogP contribution < -0.4 is 5.32 Å². The van der Waals surface area contributed by atoms with Crippen LogP contribution in [0.5, 0.6) is 0 Å². The Kier molecular flexibility index (Phi) is 3.25. The van der Waals surface area contributed by atoms with E-state index in [-0.39, 0.29) is 17.9 Å². The number of hydrogen-bond acceptors (Lipinski definition) is 5. The molecule has 4 atom stereocenters. The van der Waals surface area contributed by atoms with Crippen molar-refractivity contribution in [2.24, 2.45) is 11.8 Å². The molecule has 0 unspecified atom stereocenters. The van der Waals surface area contributed by atoms with Crippen LogP contribution in [0.25, 0.3) is 0 Å². The smallest absolute Gasteiger partial charge is 0.323 e. The second-order valence-electron chi connectivity index (χ2n) is 5.34. The first-order chi connectivity index (χ1) is 10.1. The SMILES string of the molecule is COC(=O)[C@@H]1N[C@H](c2ccccc2)[C@H]2C(=O)N(C)C(=O)[C@H]21. The van der Waals surface area contributed by atoms with Gasteiger partial charge in [-0.05, 0) is 5.56 Å². The zero-order valence-corrected chi connectivity index (χ0v) is 11.8. The average Bonchev–Trinajstić information content (AvgIpc) is 3.01. The molecule has 2 aliphatic rings. The second-order valence-corrected chi connectivity index (χ2v) is 5.34. The lowest BCUT2D eigenvalue weighted by molar-refractivity contribution is -0.147. The van der Waals surface area contributed by atoms with E-state index >= 15 is 0 Å². The predicted octanol–water partition coefficient (Wildman–Crippen LogP) is 0.103. The van der Waals surface area contributed by atoms with Gasteiger partial charge in [-0.15, -0.1) is 0 Å². The molecule has 110 valence electrons. The largest absolute Gasteiger partial charge is 0.468 e. The number of benzene rings is 1. The van der Waals surface area contributed by atoms with E-state index in [1.54, 1.807) is 0 Å². The van der Waals surface area contributed by atoms with E-state index in [0.717, 1.165) is 10.5 Å². The first-order valence-corrected chi connectivity index (χ1v) is 6.76. The van der Waals surface area contributed by atoms with Gasteiger partial charge in [-0.2, -0.15) is 0 Å². The Bertz CT molecular complexity index is 601. The summed E-state index contributed by atoms with van der Waals surface area (Å²) in [5.41, 5.74) is 0.885. The van der Waals surface area contributed by atoms with Gasteiger partial charge in [-0.25, -0.2) is 0 Å². The van der Waals surface area contributed by atoms with Gasteiger partial charge in [0.15, 0.2) is 0 Å². The van der Waals surface area contributed by atoms with E-state index < -0.39 is 23.8 Å². The van der Waals surface area contributed by atoms with Gasteiger partial charge in [0, 0.05) is 13.1 Å². The van der Waals surface area contributed by atoms with E-state index in [0.29, 0.717) is 0 Å². The Morgan fingerprint density at radius 3 is 2.38 bits per heavy atom. The fourth-order valence-electron chi connectivity index (χ4n) is 3.27. The van der Waals surface area contributed by atoms with E-state index in [4.69, 9.17) is 4.74 Å². The van der Waals surface area contributed by atoms with Crippen LogP contribution in [0.2, 0.25) is 0 Å². The number of ether oxygens (including phenoxy) is 1. The number of rotatable bonds is 2. The van der Waals surface area contributed by atoms with Crippen molar-refractivity contribution in [3.63, 3.8) is 0 Å².